The molecule has 4 heteroatoms. The summed E-state index contributed by atoms with van der Waals surface area (Å²) in [6.07, 6.45) is 0.686. The lowest BCUT2D eigenvalue weighted by Crippen LogP contribution is -2.35. The summed E-state index contributed by atoms with van der Waals surface area (Å²) in [6, 6.07) is 14.5. The normalized spacial score (nSPS) is 11.6. The van der Waals surface area contributed by atoms with Crippen molar-refractivity contribution in [1.29, 1.82) is 0 Å². The molecule has 0 unspecified atom stereocenters. The lowest BCUT2D eigenvalue weighted by Gasteiger charge is -2.23. The van der Waals surface area contributed by atoms with Gasteiger partial charge in [0, 0.05) is 18.0 Å². The Kier molecular flexibility index (Phi) is 5.86. The predicted molar refractivity (Wildman–Crippen MR) is 93.2 cm³/mol. The highest BCUT2D eigenvalue weighted by atomic mass is 32.2. The standard InChI is InChI=1S/C18H23NO2S/c1-18(2,9-10-20)13-19-17(21)12-22-16-8-7-14-5-3-4-6-15(14)11-16/h3-8,11,20H,9-10,12-13H2,1-2H3,(H,19,21). The van der Waals surface area contributed by atoms with E-state index in [1.807, 2.05) is 26.0 Å². The van der Waals surface area contributed by atoms with Gasteiger partial charge in [-0.3, -0.25) is 4.79 Å². The van der Waals surface area contributed by atoms with Crippen molar-refractivity contribution in [2.75, 3.05) is 18.9 Å². The van der Waals surface area contributed by atoms with Gasteiger partial charge in [0.1, 0.15) is 0 Å². The zero-order chi connectivity index (χ0) is 16.0. The fourth-order valence-corrected chi connectivity index (χ4v) is 2.96. The Hall–Kier alpha value is -1.52. The highest BCUT2D eigenvalue weighted by molar-refractivity contribution is 8.00. The molecule has 0 saturated heterocycles. The summed E-state index contributed by atoms with van der Waals surface area (Å²) in [5.41, 5.74) is -0.0714. The van der Waals surface area contributed by atoms with Gasteiger partial charge in [-0.1, -0.05) is 44.2 Å². The topological polar surface area (TPSA) is 49.3 Å². The Balaban J connectivity index is 1.85. The third-order valence-corrected chi connectivity index (χ3v) is 4.64. The van der Waals surface area contributed by atoms with Crippen LogP contribution in [0.5, 0.6) is 0 Å². The van der Waals surface area contributed by atoms with Gasteiger partial charge in [-0.2, -0.15) is 0 Å². The first-order valence-electron chi connectivity index (χ1n) is 7.49. The Labute approximate surface area is 136 Å². The number of hydrogen-bond acceptors (Lipinski definition) is 3. The molecule has 0 spiro atoms. The minimum atomic E-state index is -0.0714. The molecule has 2 rings (SSSR count). The predicted octanol–water partition coefficient (Wildman–Crippen LogP) is 3.46. The largest absolute Gasteiger partial charge is 0.396 e. The van der Waals surface area contributed by atoms with Crippen LogP contribution in [0.3, 0.4) is 0 Å². The molecule has 2 N–H and O–H groups in total. The number of thioether (sulfide) groups is 1. The molecular weight excluding hydrogens is 294 g/mol. The number of carbonyl (C=O) groups excluding carboxylic acids is 1. The van der Waals surface area contributed by atoms with Crippen molar-refractivity contribution >= 4 is 28.4 Å². The summed E-state index contributed by atoms with van der Waals surface area (Å²) in [7, 11) is 0. The van der Waals surface area contributed by atoms with E-state index < -0.39 is 0 Å². The minimum absolute atomic E-state index is 0.0316. The second-order valence-electron chi connectivity index (χ2n) is 6.21. The summed E-state index contributed by atoms with van der Waals surface area (Å²) >= 11 is 1.55. The van der Waals surface area contributed by atoms with Crippen LogP contribution < -0.4 is 5.32 Å². The van der Waals surface area contributed by atoms with E-state index in [1.54, 1.807) is 11.8 Å². The van der Waals surface area contributed by atoms with Crippen molar-refractivity contribution in [3.8, 4) is 0 Å². The molecule has 0 bridgehead atoms. The van der Waals surface area contributed by atoms with E-state index in [4.69, 9.17) is 5.11 Å². The molecule has 0 aliphatic carbocycles. The Morgan fingerprint density at radius 3 is 2.64 bits per heavy atom. The monoisotopic (exact) mass is 317 g/mol. The first-order valence-corrected chi connectivity index (χ1v) is 8.48. The summed E-state index contributed by atoms with van der Waals surface area (Å²) in [5, 5.41) is 14.3. The highest BCUT2D eigenvalue weighted by Gasteiger charge is 2.18. The maximum absolute atomic E-state index is 11.9. The maximum atomic E-state index is 11.9. The second kappa shape index (κ2) is 7.65. The van der Waals surface area contributed by atoms with Crippen molar-refractivity contribution < 1.29 is 9.90 Å². The van der Waals surface area contributed by atoms with Crippen LogP contribution in [0.2, 0.25) is 0 Å². The number of fused-ring (bicyclic) bond motifs is 1. The van der Waals surface area contributed by atoms with Gasteiger partial charge in [0.2, 0.25) is 5.91 Å². The average Bonchev–Trinajstić information content (AvgIpc) is 2.51. The highest BCUT2D eigenvalue weighted by Crippen LogP contribution is 2.23. The number of benzene rings is 2. The first kappa shape index (κ1) is 16.8. The molecule has 3 nitrogen and oxygen atoms in total. The van der Waals surface area contributed by atoms with Crippen LogP contribution in [0.15, 0.2) is 47.4 Å². The average molecular weight is 317 g/mol. The van der Waals surface area contributed by atoms with Gasteiger partial charge in [0.05, 0.1) is 5.75 Å². The molecule has 0 aromatic heterocycles. The van der Waals surface area contributed by atoms with Crippen LogP contribution in [0.4, 0.5) is 0 Å². The van der Waals surface area contributed by atoms with E-state index in [9.17, 15) is 4.79 Å². The zero-order valence-electron chi connectivity index (χ0n) is 13.1. The lowest BCUT2D eigenvalue weighted by molar-refractivity contribution is -0.119. The fourth-order valence-electron chi connectivity index (χ4n) is 2.19. The van der Waals surface area contributed by atoms with Crippen molar-refractivity contribution in [2.45, 2.75) is 25.2 Å². The Morgan fingerprint density at radius 1 is 1.18 bits per heavy atom. The SMILES string of the molecule is CC(C)(CCO)CNC(=O)CSc1ccc2ccccc2c1. The smallest absolute Gasteiger partial charge is 0.230 e. The molecule has 0 aliphatic rings. The Bertz CT molecular complexity index is 640. The van der Waals surface area contributed by atoms with E-state index in [0.717, 1.165) is 4.90 Å². The van der Waals surface area contributed by atoms with E-state index >= 15 is 0 Å². The number of aliphatic hydroxyl groups excluding tert-OH is 1. The van der Waals surface area contributed by atoms with E-state index in [-0.39, 0.29) is 17.9 Å². The van der Waals surface area contributed by atoms with Crippen LogP contribution >= 0.6 is 11.8 Å². The number of nitrogens with one attached hydrogen (secondary N) is 1. The molecule has 0 fully saturated rings. The number of rotatable bonds is 7. The molecule has 2 aromatic rings. The van der Waals surface area contributed by atoms with E-state index in [0.29, 0.717) is 18.7 Å². The summed E-state index contributed by atoms with van der Waals surface area (Å²) in [6.45, 7) is 4.82. The van der Waals surface area contributed by atoms with Gasteiger partial charge >= 0.3 is 0 Å². The molecule has 1 amide bonds. The summed E-state index contributed by atoms with van der Waals surface area (Å²) in [4.78, 5) is 13.0. The fraction of sp³-hybridized carbons (Fsp3) is 0.389. The lowest BCUT2D eigenvalue weighted by atomic mass is 9.90. The number of amides is 1. The number of carbonyl (C=O) groups is 1. The van der Waals surface area contributed by atoms with Crippen molar-refractivity contribution in [3.63, 3.8) is 0 Å². The minimum Gasteiger partial charge on any atom is -0.396 e. The van der Waals surface area contributed by atoms with Crippen molar-refractivity contribution in [2.24, 2.45) is 5.41 Å². The quantitative estimate of drug-likeness (QED) is 0.769. The molecule has 0 heterocycles. The first-order chi connectivity index (χ1) is 10.5. The van der Waals surface area contributed by atoms with E-state index in [1.165, 1.54) is 10.8 Å². The van der Waals surface area contributed by atoms with Crippen molar-refractivity contribution in [1.82, 2.24) is 5.32 Å². The molecule has 0 aliphatic heterocycles. The third-order valence-electron chi connectivity index (χ3n) is 3.64. The summed E-state index contributed by atoms with van der Waals surface area (Å²) < 4.78 is 0. The molecule has 0 atom stereocenters. The van der Waals surface area contributed by atoms with E-state index in [2.05, 4.69) is 35.6 Å². The molecule has 0 radical (unpaired) electrons. The molecule has 0 saturated carbocycles. The van der Waals surface area contributed by atoms with Gasteiger partial charge in [0.15, 0.2) is 0 Å². The maximum Gasteiger partial charge on any atom is 0.230 e. The van der Waals surface area contributed by atoms with Gasteiger partial charge in [-0.25, -0.2) is 0 Å². The molecular formula is C18H23NO2S. The van der Waals surface area contributed by atoms with Crippen LogP contribution in [-0.4, -0.2) is 29.9 Å². The van der Waals surface area contributed by atoms with Crippen LogP contribution in [0.25, 0.3) is 10.8 Å². The molecule has 2 aromatic carbocycles. The van der Waals surface area contributed by atoms with Crippen molar-refractivity contribution in [3.05, 3.63) is 42.5 Å². The molecule has 118 valence electrons. The second-order valence-corrected chi connectivity index (χ2v) is 7.26. The number of aliphatic hydroxyl groups is 1. The number of hydrogen-bond donors (Lipinski definition) is 2. The third kappa shape index (κ3) is 5.04. The van der Waals surface area contributed by atoms with Crippen LogP contribution in [0.1, 0.15) is 20.3 Å². The molecule has 22 heavy (non-hydrogen) atoms. The van der Waals surface area contributed by atoms with Gasteiger partial charge in [0.25, 0.3) is 0 Å². The Morgan fingerprint density at radius 2 is 1.91 bits per heavy atom. The van der Waals surface area contributed by atoms with Gasteiger partial charge in [-0.05, 0) is 34.7 Å². The van der Waals surface area contributed by atoms with Crippen LogP contribution in [-0.2, 0) is 4.79 Å². The zero-order valence-corrected chi connectivity index (χ0v) is 14.0. The summed E-state index contributed by atoms with van der Waals surface area (Å²) in [5.74, 6) is 0.442. The van der Waals surface area contributed by atoms with Gasteiger partial charge in [-0.15, -0.1) is 11.8 Å². The van der Waals surface area contributed by atoms with Crippen LogP contribution in [0, 0.1) is 5.41 Å². The van der Waals surface area contributed by atoms with Gasteiger partial charge < -0.3 is 10.4 Å².